The molecule has 0 unspecified atom stereocenters. The first-order chi connectivity index (χ1) is 12.3. The van der Waals surface area contributed by atoms with Crippen LogP contribution in [0.3, 0.4) is 0 Å². The summed E-state index contributed by atoms with van der Waals surface area (Å²) in [6.07, 6.45) is -0.542. The number of hydrogen-bond acceptors (Lipinski definition) is 2. The summed E-state index contributed by atoms with van der Waals surface area (Å²) in [5.74, 6) is 0.761. The number of hydrogen-bond donors (Lipinski definition) is 2. The number of rotatable bonds is 5. The Kier molecular flexibility index (Phi) is 9.94. The molecule has 0 aliphatic carbocycles. The van der Waals surface area contributed by atoms with E-state index in [1.54, 1.807) is 7.05 Å². The van der Waals surface area contributed by atoms with Crippen molar-refractivity contribution in [3.63, 3.8) is 0 Å². The van der Waals surface area contributed by atoms with Crippen molar-refractivity contribution in [2.75, 3.05) is 26.7 Å². The number of nitrogens with one attached hydrogen (secondary N) is 2. The standard InChI is InChI=1S/C20H32F2N4.HI/c1-20(2,3)16-7-5-15(6-8-16)13-24-19(23-4)25-17-9-11-26(12-10-17)14-18(21)22;/h5-8,17-18H,9-14H2,1-4H3,(H2,23,24,25);1H. The molecule has 1 aromatic rings. The zero-order valence-corrected chi connectivity index (χ0v) is 19.1. The van der Waals surface area contributed by atoms with Crippen LogP contribution in [0.4, 0.5) is 8.78 Å². The number of halogens is 3. The van der Waals surface area contributed by atoms with Gasteiger partial charge in [-0.2, -0.15) is 0 Å². The van der Waals surface area contributed by atoms with Gasteiger partial charge in [-0.3, -0.25) is 9.89 Å². The fourth-order valence-corrected chi connectivity index (χ4v) is 3.15. The van der Waals surface area contributed by atoms with Gasteiger partial charge in [-0.25, -0.2) is 8.78 Å². The molecule has 0 atom stereocenters. The van der Waals surface area contributed by atoms with Crippen LogP contribution in [-0.4, -0.2) is 50.0 Å². The highest BCUT2D eigenvalue weighted by Gasteiger charge is 2.22. The molecule has 1 saturated heterocycles. The lowest BCUT2D eigenvalue weighted by Gasteiger charge is -2.32. The molecule has 154 valence electrons. The van der Waals surface area contributed by atoms with Crippen LogP contribution >= 0.6 is 24.0 Å². The van der Waals surface area contributed by atoms with Crippen LogP contribution < -0.4 is 10.6 Å². The van der Waals surface area contributed by atoms with Crippen molar-refractivity contribution in [1.29, 1.82) is 0 Å². The quantitative estimate of drug-likeness (QED) is 0.370. The second-order valence-electron chi connectivity index (χ2n) is 7.98. The minimum absolute atomic E-state index is 0. The fourth-order valence-electron chi connectivity index (χ4n) is 3.15. The SMILES string of the molecule is CN=C(NCc1ccc(C(C)(C)C)cc1)NC1CCN(CC(F)F)CC1.I. The molecule has 0 saturated carbocycles. The molecule has 7 heteroatoms. The largest absolute Gasteiger partial charge is 0.354 e. The number of nitrogens with zero attached hydrogens (tertiary/aromatic N) is 2. The third-order valence-corrected chi connectivity index (χ3v) is 4.83. The Morgan fingerprint density at radius 2 is 1.78 bits per heavy atom. The molecule has 1 aromatic carbocycles. The number of benzene rings is 1. The number of likely N-dealkylation sites (tertiary alicyclic amines) is 1. The Balaban J connectivity index is 0.00000364. The van der Waals surface area contributed by atoms with Crippen molar-refractivity contribution in [2.24, 2.45) is 4.99 Å². The Morgan fingerprint density at radius 1 is 1.19 bits per heavy atom. The first-order valence-electron chi connectivity index (χ1n) is 9.35. The van der Waals surface area contributed by atoms with Crippen LogP contribution in [0.1, 0.15) is 44.7 Å². The summed E-state index contributed by atoms with van der Waals surface area (Å²) in [6, 6.07) is 8.91. The molecule has 0 amide bonds. The second-order valence-corrected chi connectivity index (χ2v) is 7.98. The predicted molar refractivity (Wildman–Crippen MR) is 119 cm³/mol. The lowest BCUT2D eigenvalue weighted by atomic mass is 9.87. The average Bonchev–Trinajstić information content (AvgIpc) is 2.59. The Labute approximate surface area is 179 Å². The molecule has 1 heterocycles. The van der Waals surface area contributed by atoms with Gasteiger partial charge < -0.3 is 10.6 Å². The van der Waals surface area contributed by atoms with E-state index in [9.17, 15) is 8.78 Å². The molecule has 4 nitrogen and oxygen atoms in total. The topological polar surface area (TPSA) is 39.7 Å². The van der Waals surface area contributed by atoms with Gasteiger partial charge in [0.05, 0.1) is 6.54 Å². The lowest BCUT2D eigenvalue weighted by Crippen LogP contribution is -2.49. The van der Waals surface area contributed by atoms with Crippen LogP contribution in [-0.2, 0) is 12.0 Å². The third kappa shape index (κ3) is 8.29. The number of piperidine rings is 1. The fraction of sp³-hybridized carbons (Fsp3) is 0.650. The van der Waals surface area contributed by atoms with E-state index in [-0.39, 0.29) is 42.0 Å². The molecule has 0 aromatic heterocycles. The van der Waals surface area contributed by atoms with Crippen molar-refractivity contribution in [3.05, 3.63) is 35.4 Å². The second kappa shape index (κ2) is 11.1. The summed E-state index contributed by atoms with van der Waals surface area (Å²) >= 11 is 0. The Morgan fingerprint density at radius 3 is 2.26 bits per heavy atom. The van der Waals surface area contributed by atoms with Crippen LogP contribution in [0.15, 0.2) is 29.3 Å². The minimum Gasteiger partial charge on any atom is -0.354 e. The van der Waals surface area contributed by atoms with E-state index in [2.05, 4.69) is 60.7 Å². The smallest absolute Gasteiger partial charge is 0.251 e. The molecular formula is C20H33F2IN4. The molecule has 1 aliphatic rings. The van der Waals surface area contributed by atoms with Crippen LogP contribution in [0.5, 0.6) is 0 Å². The van der Waals surface area contributed by atoms with Gasteiger partial charge in [-0.05, 0) is 29.4 Å². The van der Waals surface area contributed by atoms with E-state index < -0.39 is 6.43 Å². The highest BCUT2D eigenvalue weighted by atomic mass is 127. The summed E-state index contributed by atoms with van der Waals surface area (Å²) < 4.78 is 24.9. The monoisotopic (exact) mass is 494 g/mol. The van der Waals surface area contributed by atoms with Gasteiger partial charge in [-0.1, -0.05) is 45.0 Å². The maximum absolute atomic E-state index is 12.4. The highest BCUT2D eigenvalue weighted by molar-refractivity contribution is 14.0. The maximum Gasteiger partial charge on any atom is 0.251 e. The Hall–Kier alpha value is -0.960. The first-order valence-corrected chi connectivity index (χ1v) is 9.35. The normalized spacial score (nSPS) is 16.9. The predicted octanol–water partition coefficient (Wildman–Crippen LogP) is 4.00. The van der Waals surface area contributed by atoms with Gasteiger partial charge in [0.2, 0.25) is 0 Å². The van der Waals surface area contributed by atoms with Gasteiger partial charge in [0, 0.05) is 32.7 Å². The zero-order valence-electron chi connectivity index (χ0n) is 16.8. The van der Waals surface area contributed by atoms with Gasteiger partial charge in [0.15, 0.2) is 5.96 Å². The van der Waals surface area contributed by atoms with Crippen molar-refractivity contribution in [1.82, 2.24) is 15.5 Å². The summed E-state index contributed by atoms with van der Waals surface area (Å²) in [6.45, 7) is 8.61. The molecule has 2 N–H and O–H groups in total. The Bertz CT molecular complexity index is 577. The van der Waals surface area contributed by atoms with Gasteiger partial charge in [-0.15, -0.1) is 24.0 Å². The van der Waals surface area contributed by atoms with Crippen molar-refractivity contribution < 1.29 is 8.78 Å². The van der Waals surface area contributed by atoms with Crippen LogP contribution in [0.2, 0.25) is 0 Å². The van der Waals surface area contributed by atoms with E-state index in [0.717, 1.165) is 18.8 Å². The summed E-state index contributed by atoms with van der Waals surface area (Å²) in [7, 11) is 1.75. The van der Waals surface area contributed by atoms with Gasteiger partial charge >= 0.3 is 0 Å². The molecule has 27 heavy (non-hydrogen) atoms. The van der Waals surface area contributed by atoms with Crippen LogP contribution in [0.25, 0.3) is 0 Å². The molecule has 1 aliphatic heterocycles. The van der Waals surface area contributed by atoms with E-state index in [4.69, 9.17) is 0 Å². The van der Waals surface area contributed by atoms with E-state index in [0.29, 0.717) is 19.6 Å². The maximum atomic E-state index is 12.4. The van der Waals surface area contributed by atoms with Crippen molar-refractivity contribution >= 4 is 29.9 Å². The van der Waals surface area contributed by atoms with Gasteiger partial charge in [0.1, 0.15) is 0 Å². The highest BCUT2D eigenvalue weighted by Crippen LogP contribution is 2.22. The molecule has 1 fully saturated rings. The van der Waals surface area contributed by atoms with E-state index >= 15 is 0 Å². The van der Waals surface area contributed by atoms with Gasteiger partial charge in [0.25, 0.3) is 6.43 Å². The number of alkyl halides is 2. The summed E-state index contributed by atoms with van der Waals surface area (Å²) in [5.41, 5.74) is 2.68. The third-order valence-electron chi connectivity index (χ3n) is 4.83. The number of aliphatic imine (C=N–C) groups is 1. The zero-order chi connectivity index (χ0) is 19.2. The molecule has 0 bridgehead atoms. The number of guanidine groups is 1. The van der Waals surface area contributed by atoms with Crippen molar-refractivity contribution in [2.45, 2.75) is 58.0 Å². The lowest BCUT2D eigenvalue weighted by molar-refractivity contribution is 0.0744. The van der Waals surface area contributed by atoms with E-state index in [1.165, 1.54) is 11.1 Å². The molecule has 2 rings (SSSR count). The first kappa shape index (κ1) is 24.1. The van der Waals surface area contributed by atoms with E-state index in [1.807, 2.05) is 4.90 Å². The van der Waals surface area contributed by atoms with Crippen LogP contribution in [0, 0.1) is 0 Å². The molecule has 0 radical (unpaired) electrons. The molecular weight excluding hydrogens is 461 g/mol. The summed E-state index contributed by atoms with van der Waals surface area (Å²) in [5, 5.41) is 6.75. The summed E-state index contributed by atoms with van der Waals surface area (Å²) in [4.78, 5) is 6.11. The average molecular weight is 494 g/mol. The molecule has 0 spiro atoms. The van der Waals surface area contributed by atoms with Crippen molar-refractivity contribution in [3.8, 4) is 0 Å². The minimum atomic E-state index is -2.25.